The molecule has 0 unspecified atom stereocenters. The van der Waals surface area contributed by atoms with E-state index in [9.17, 15) is 9.90 Å². The van der Waals surface area contributed by atoms with Crippen LogP contribution < -0.4 is 10.2 Å². The van der Waals surface area contributed by atoms with Gasteiger partial charge >= 0.3 is 0 Å². The average Bonchev–Trinajstić information content (AvgIpc) is 2.78. The van der Waals surface area contributed by atoms with Crippen molar-refractivity contribution in [1.29, 1.82) is 5.26 Å². The van der Waals surface area contributed by atoms with Gasteiger partial charge in [-0.1, -0.05) is 48.5 Å². The van der Waals surface area contributed by atoms with Crippen LogP contribution in [-0.2, 0) is 11.4 Å². The number of hydrazone groups is 1. The molecule has 0 spiro atoms. The number of aliphatic hydroxyl groups is 1. The number of ether oxygens (including phenoxy) is 1. The molecule has 0 aliphatic rings. The van der Waals surface area contributed by atoms with E-state index in [2.05, 4.69) is 32.5 Å². The molecule has 0 saturated heterocycles. The fourth-order valence-electron chi connectivity index (χ4n) is 2.64. The Labute approximate surface area is 182 Å². The van der Waals surface area contributed by atoms with Crippen molar-refractivity contribution in [1.82, 2.24) is 5.43 Å². The van der Waals surface area contributed by atoms with E-state index in [-0.39, 0.29) is 6.61 Å². The van der Waals surface area contributed by atoms with Crippen LogP contribution in [0.4, 0.5) is 0 Å². The highest BCUT2D eigenvalue weighted by Gasteiger charge is 2.16. The number of rotatable bonds is 7. The number of carbonyl (C=O) groups is 1. The molecule has 3 rings (SSSR count). The lowest BCUT2D eigenvalue weighted by Gasteiger charge is -2.10. The molecule has 2 N–H and O–H groups in total. The largest absolute Gasteiger partial charge is 0.488 e. The average molecular weight is 464 g/mol. The number of aliphatic hydroxyl groups excluding tert-OH is 1. The number of amides is 1. The molecule has 6 nitrogen and oxygen atoms in total. The molecule has 0 aromatic heterocycles. The second-order valence-electron chi connectivity index (χ2n) is 6.29. The lowest BCUT2D eigenvalue weighted by atomic mass is 10.1. The molecule has 7 heteroatoms. The Kier molecular flexibility index (Phi) is 7.33. The smallest absolute Gasteiger partial charge is 0.273 e. The molecule has 1 atom stereocenters. The summed E-state index contributed by atoms with van der Waals surface area (Å²) in [5.74, 6) is -0.00365. The first-order valence-electron chi connectivity index (χ1n) is 9.05. The Hall–Kier alpha value is -3.47. The van der Waals surface area contributed by atoms with E-state index in [0.29, 0.717) is 21.3 Å². The Morgan fingerprint density at radius 1 is 1.17 bits per heavy atom. The van der Waals surface area contributed by atoms with Crippen molar-refractivity contribution in [2.45, 2.75) is 12.7 Å². The maximum Gasteiger partial charge on any atom is 0.273 e. The zero-order valence-electron chi connectivity index (χ0n) is 15.8. The van der Waals surface area contributed by atoms with Gasteiger partial charge in [-0.25, -0.2) is 5.43 Å². The van der Waals surface area contributed by atoms with Crippen LogP contribution in [0.2, 0.25) is 0 Å². The topological polar surface area (TPSA) is 94.7 Å². The number of halogens is 1. The molecule has 30 heavy (non-hydrogen) atoms. The van der Waals surface area contributed by atoms with Crippen LogP contribution in [0.5, 0.6) is 5.75 Å². The summed E-state index contributed by atoms with van der Waals surface area (Å²) in [7, 11) is 0. The van der Waals surface area contributed by atoms with E-state index in [1.165, 1.54) is 6.21 Å². The van der Waals surface area contributed by atoms with Crippen molar-refractivity contribution in [3.05, 3.63) is 99.5 Å². The Balaban J connectivity index is 1.58. The molecular weight excluding hydrogens is 446 g/mol. The summed E-state index contributed by atoms with van der Waals surface area (Å²) >= 11 is 3.45. The molecule has 0 heterocycles. The second-order valence-corrected chi connectivity index (χ2v) is 7.15. The Morgan fingerprint density at radius 3 is 2.63 bits per heavy atom. The standard InChI is InChI=1S/C23H18BrN3O3/c24-20-12-16(14-26-27-23(29)22(28)17-6-2-1-3-7-17)10-11-21(20)30-15-19-9-5-4-8-18(19)13-25/h1-12,14,22,28H,15H2,(H,27,29)/b26-14-/t22-/m0/s1. The Morgan fingerprint density at radius 2 is 1.90 bits per heavy atom. The molecule has 0 aliphatic carbocycles. The monoisotopic (exact) mass is 463 g/mol. The van der Waals surface area contributed by atoms with Gasteiger partial charge in [-0.05, 0) is 51.3 Å². The molecule has 0 fully saturated rings. The van der Waals surface area contributed by atoms with Crippen molar-refractivity contribution >= 4 is 28.1 Å². The normalized spacial score (nSPS) is 11.6. The summed E-state index contributed by atoms with van der Waals surface area (Å²) in [6, 6.07) is 23.4. The highest BCUT2D eigenvalue weighted by atomic mass is 79.9. The van der Waals surface area contributed by atoms with Gasteiger partial charge < -0.3 is 9.84 Å². The molecule has 3 aromatic carbocycles. The molecule has 0 radical (unpaired) electrons. The molecule has 0 aliphatic heterocycles. The van der Waals surface area contributed by atoms with Crippen LogP contribution in [0, 0.1) is 11.3 Å². The van der Waals surface area contributed by atoms with E-state index in [0.717, 1.165) is 11.1 Å². The number of nitrogens with one attached hydrogen (secondary N) is 1. The fourth-order valence-corrected chi connectivity index (χ4v) is 3.15. The first kappa shape index (κ1) is 21.2. The SMILES string of the molecule is N#Cc1ccccc1COc1ccc(/C=N\NC(=O)[C@@H](O)c2ccccc2)cc1Br. The van der Waals surface area contributed by atoms with Crippen molar-refractivity contribution in [2.75, 3.05) is 0 Å². The van der Waals surface area contributed by atoms with E-state index in [4.69, 9.17) is 10.00 Å². The molecule has 3 aromatic rings. The van der Waals surface area contributed by atoms with Crippen molar-refractivity contribution < 1.29 is 14.6 Å². The maximum absolute atomic E-state index is 12.0. The third-order valence-electron chi connectivity index (χ3n) is 4.23. The van der Waals surface area contributed by atoms with Crippen LogP contribution in [0.3, 0.4) is 0 Å². The fraction of sp³-hybridized carbons (Fsp3) is 0.0870. The van der Waals surface area contributed by atoms with E-state index in [1.807, 2.05) is 18.2 Å². The van der Waals surface area contributed by atoms with Gasteiger partial charge in [0.05, 0.1) is 22.3 Å². The minimum Gasteiger partial charge on any atom is -0.488 e. The molecular formula is C23H18BrN3O3. The number of hydrogen-bond donors (Lipinski definition) is 2. The van der Waals surface area contributed by atoms with Gasteiger partial charge in [0.25, 0.3) is 5.91 Å². The Bertz CT molecular complexity index is 1090. The van der Waals surface area contributed by atoms with Gasteiger partial charge in [-0.3, -0.25) is 4.79 Å². The van der Waals surface area contributed by atoms with Crippen LogP contribution in [0.1, 0.15) is 28.4 Å². The summed E-state index contributed by atoms with van der Waals surface area (Å²) in [5, 5.41) is 23.1. The predicted molar refractivity (Wildman–Crippen MR) is 117 cm³/mol. The number of benzene rings is 3. The summed E-state index contributed by atoms with van der Waals surface area (Å²) in [6.45, 7) is 0.267. The summed E-state index contributed by atoms with van der Waals surface area (Å²) in [4.78, 5) is 12.0. The maximum atomic E-state index is 12.0. The zero-order valence-corrected chi connectivity index (χ0v) is 17.4. The van der Waals surface area contributed by atoms with Gasteiger partial charge in [0.2, 0.25) is 0 Å². The zero-order chi connectivity index (χ0) is 21.3. The second kappa shape index (κ2) is 10.3. The molecule has 1 amide bonds. The minimum absolute atomic E-state index is 0.267. The number of carbonyl (C=O) groups excluding carboxylic acids is 1. The van der Waals surface area contributed by atoms with Gasteiger partial charge in [-0.15, -0.1) is 0 Å². The van der Waals surface area contributed by atoms with Crippen LogP contribution in [0.25, 0.3) is 0 Å². The van der Waals surface area contributed by atoms with Gasteiger partial charge in [0.1, 0.15) is 12.4 Å². The first-order chi connectivity index (χ1) is 14.6. The lowest BCUT2D eigenvalue weighted by molar-refractivity contribution is -0.129. The van der Waals surface area contributed by atoms with Gasteiger partial charge in [0.15, 0.2) is 6.10 Å². The lowest BCUT2D eigenvalue weighted by Crippen LogP contribution is -2.25. The van der Waals surface area contributed by atoms with E-state index < -0.39 is 12.0 Å². The van der Waals surface area contributed by atoms with Gasteiger partial charge in [-0.2, -0.15) is 10.4 Å². The van der Waals surface area contributed by atoms with E-state index in [1.54, 1.807) is 54.6 Å². The molecule has 150 valence electrons. The van der Waals surface area contributed by atoms with Crippen LogP contribution in [0.15, 0.2) is 82.4 Å². The highest BCUT2D eigenvalue weighted by Crippen LogP contribution is 2.26. The number of nitrogens with zero attached hydrogens (tertiary/aromatic N) is 2. The van der Waals surface area contributed by atoms with E-state index >= 15 is 0 Å². The van der Waals surface area contributed by atoms with Gasteiger partial charge in [0, 0.05) is 5.56 Å². The van der Waals surface area contributed by atoms with Crippen molar-refractivity contribution in [3.8, 4) is 11.8 Å². The van der Waals surface area contributed by atoms with Crippen molar-refractivity contribution in [2.24, 2.45) is 5.10 Å². The summed E-state index contributed by atoms with van der Waals surface area (Å²) in [6.07, 6.45) is 0.178. The quantitative estimate of drug-likeness (QED) is 0.407. The molecule has 0 bridgehead atoms. The number of hydrogen-bond acceptors (Lipinski definition) is 5. The number of nitriles is 1. The van der Waals surface area contributed by atoms with Crippen LogP contribution >= 0.6 is 15.9 Å². The first-order valence-corrected chi connectivity index (χ1v) is 9.84. The van der Waals surface area contributed by atoms with Crippen LogP contribution in [-0.4, -0.2) is 17.2 Å². The summed E-state index contributed by atoms with van der Waals surface area (Å²) in [5.41, 5.74) is 4.92. The van der Waals surface area contributed by atoms with Crippen molar-refractivity contribution in [3.63, 3.8) is 0 Å². The third-order valence-corrected chi connectivity index (χ3v) is 4.85. The third kappa shape index (κ3) is 5.54. The molecule has 0 saturated carbocycles. The predicted octanol–water partition coefficient (Wildman–Crippen LogP) is 4.08. The highest BCUT2D eigenvalue weighted by molar-refractivity contribution is 9.10. The minimum atomic E-state index is -1.29. The summed E-state index contributed by atoms with van der Waals surface area (Å²) < 4.78 is 6.50.